The highest BCUT2D eigenvalue weighted by Crippen LogP contribution is 2.11. The monoisotopic (exact) mass is 376 g/mol. The summed E-state index contributed by atoms with van der Waals surface area (Å²) in [4.78, 5) is 34.5. The molecule has 0 saturated carbocycles. The third-order valence-corrected chi connectivity index (χ3v) is 3.85. The van der Waals surface area contributed by atoms with Gasteiger partial charge in [-0.3, -0.25) is 35.9 Å². The zero-order valence-corrected chi connectivity index (χ0v) is 14.2. The fourth-order valence-corrected chi connectivity index (χ4v) is 2.42. The first kappa shape index (κ1) is 18.2. The third kappa shape index (κ3) is 5.79. The van der Waals surface area contributed by atoms with Crippen molar-refractivity contribution >= 4 is 52.2 Å². The fourth-order valence-electron chi connectivity index (χ4n) is 1.65. The number of rotatable bonds is 4. The number of nitro benzene ring substituents is 1. The van der Waals surface area contributed by atoms with Gasteiger partial charge in [0.05, 0.1) is 4.92 Å². The van der Waals surface area contributed by atoms with Crippen molar-refractivity contribution < 1.29 is 14.5 Å². The van der Waals surface area contributed by atoms with E-state index < -0.39 is 16.7 Å². The molecule has 25 heavy (non-hydrogen) atoms. The lowest BCUT2D eigenvalue weighted by atomic mass is 10.2. The number of non-ortho nitro benzene ring substituents is 1. The van der Waals surface area contributed by atoms with Gasteiger partial charge in [-0.1, -0.05) is 6.07 Å². The van der Waals surface area contributed by atoms with Crippen LogP contribution in [-0.4, -0.2) is 21.9 Å². The summed E-state index contributed by atoms with van der Waals surface area (Å²) in [5.74, 6) is -1.00. The fraction of sp³-hybridized carbons (Fsp3) is 0. The standard InChI is InChI=1S/C15H12N4O4S2/c20-13(8-7-12-2-1-9-25-12)16-15(24)18-17-14(21)10-3-5-11(6-4-10)19(22)23/h1-9H,(H,17,21)(H2,16,18,20,24). The van der Waals surface area contributed by atoms with Gasteiger partial charge in [-0.15, -0.1) is 11.3 Å². The molecule has 0 atom stereocenters. The maximum Gasteiger partial charge on any atom is 0.269 e. The number of hydrazine groups is 1. The van der Waals surface area contributed by atoms with Crippen molar-refractivity contribution in [2.45, 2.75) is 0 Å². The minimum atomic E-state index is -0.561. The number of hydrogen-bond acceptors (Lipinski definition) is 6. The first-order valence-electron chi connectivity index (χ1n) is 6.83. The molecular weight excluding hydrogens is 364 g/mol. The summed E-state index contributed by atoms with van der Waals surface area (Å²) >= 11 is 6.37. The minimum Gasteiger partial charge on any atom is -0.298 e. The van der Waals surface area contributed by atoms with Gasteiger partial charge in [-0.25, -0.2) is 0 Å². The Hall–Kier alpha value is -3.11. The van der Waals surface area contributed by atoms with E-state index in [0.29, 0.717) is 0 Å². The number of nitro groups is 1. The van der Waals surface area contributed by atoms with E-state index in [2.05, 4.69) is 16.2 Å². The van der Waals surface area contributed by atoms with E-state index in [1.54, 1.807) is 6.08 Å². The van der Waals surface area contributed by atoms with Gasteiger partial charge in [0, 0.05) is 28.6 Å². The maximum atomic E-state index is 11.9. The van der Waals surface area contributed by atoms with Crippen LogP contribution in [0.2, 0.25) is 0 Å². The van der Waals surface area contributed by atoms with Crippen molar-refractivity contribution in [2.75, 3.05) is 0 Å². The molecule has 2 amide bonds. The normalized spacial score (nSPS) is 10.2. The number of amides is 2. The smallest absolute Gasteiger partial charge is 0.269 e. The summed E-state index contributed by atoms with van der Waals surface area (Å²) in [6.07, 6.45) is 2.95. The van der Waals surface area contributed by atoms with Crippen LogP contribution in [-0.2, 0) is 4.79 Å². The number of carbonyl (C=O) groups excluding carboxylic acids is 2. The molecular formula is C15H12N4O4S2. The largest absolute Gasteiger partial charge is 0.298 e. The summed E-state index contributed by atoms with van der Waals surface area (Å²) in [5.41, 5.74) is 4.74. The molecule has 0 bridgehead atoms. The van der Waals surface area contributed by atoms with Crippen LogP contribution < -0.4 is 16.2 Å². The van der Waals surface area contributed by atoms with Crippen LogP contribution in [0.25, 0.3) is 6.08 Å². The highest BCUT2D eigenvalue weighted by atomic mass is 32.1. The highest BCUT2D eigenvalue weighted by Gasteiger charge is 2.09. The average molecular weight is 376 g/mol. The lowest BCUT2D eigenvalue weighted by molar-refractivity contribution is -0.384. The van der Waals surface area contributed by atoms with Crippen LogP contribution in [0.15, 0.2) is 47.9 Å². The summed E-state index contributed by atoms with van der Waals surface area (Å²) in [6.45, 7) is 0. The molecule has 2 aromatic rings. The average Bonchev–Trinajstić information content (AvgIpc) is 3.11. The number of benzene rings is 1. The number of thiophene rings is 1. The van der Waals surface area contributed by atoms with Gasteiger partial charge >= 0.3 is 0 Å². The van der Waals surface area contributed by atoms with E-state index in [0.717, 1.165) is 4.88 Å². The van der Waals surface area contributed by atoms with Crippen molar-refractivity contribution in [3.8, 4) is 0 Å². The van der Waals surface area contributed by atoms with Crippen LogP contribution in [0.1, 0.15) is 15.2 Å². The van der Waals surface area contributed by atoms with E-state index in [9.17, 15) is 19.7 Å². The Bertz CT molecular complexity index is 817. The molecule has 2 rings (SSSR count). The molecule has 0 spiro atoms. The Morgan fingerprint density at radius 2 is 1.88 bits per heavy atom. The van der Waals surface area contributed by atoms with Crippen LogP contribution in [0.4, 0.5) is 5.69 Å². The van der Waals surface area contributed by atoms with Gasteiger partial charge in [-0.05, 0) is 41.9 Å². The predicted octanol–water partition coefficient (Wildman–Crippen LogP) is 2.01. The molecule has 10 heteroatoms. The Balaban J connectivity index is 1.79. The quantitative estimate of drug-likeness (QED) is 0.326. The Kier molecular flexibility index (Phi) is 6.32. The van der Waals surface area contributed by atoms with Gasteiger partial charge in [0.2, 0.25) is 5.91 Å². The highest BCUT2D eigenvalue weighted by molar-refractivity contribution is 7.80. The van der Waals surface area contributed by atoms with Crippen molar-refractivity contribution in [3.63, 3.8) is 0 Å². The molecule has 0 aliphatic heterocycles. The molecule has 1 heterocycles. The number of nitrogens with one attached hydrogen (secondary N) is 3. The van der Waals surface area contributed by atoms with E-state index in [4.69, 9.17) is 12.2 Å². The van der Waals surface area contributed by atoms with Crippen molar-refractivity contribution in [1.29, 1.82) is 0 Å². The maximum absolute atomic E-state index is 11.9. The lowest BCUT2D eigenvalue weighted by Gasteiger charge is -2.09. The van der Waals surface area contributed by atoms with Crippen LogP contribution in [0.5, 0.6) is 0 Å². The molecule has 0 radical (unpaired) electrons. The lowest BCUT2D eigenvalue weighted by Crippen LogP contribution is -2.48. The SMILES string of the molecule is O=C(C=Cc1cccs1)NC(=S)NNC(=O)c1ccc([N+](=O)[O-])cc1. The molecule has 8 nitrogen and oxygen atoms in total. The minimum absolute atomic E-state index is 0.0870. The molecule has 0 aliphatic carbocycles. The van der Waals surface area contributed by atoms with Gasteiger partial charge in [0.15, 0.2) is 5.11 Å². The molecule has 0 saturated heterocycles. The molecule has 0 aliphatic rings. The summed E-state index contributed by atoms with van der Waals surface area (Å²) in [6, 6.07) is 8.76. The van der Waals surface area contributed by atoms with Crippen LogP contribution in [0, 0.1) is 10.1 Å². The van der Waals surface area contributed by atoms with Crippen molar-refractivity contribution in [2.24, 2.45) is 0 Å². The van der Waals surface area contributed by atoms with Crippen LogP contribution >= 0.6 is 23.6 Å². The second-order valence-corrected chi connectivity index (χ2v) is 5.94. The Morgan fingerprint density at radius 1 is 1.16 bits per heavy atom. The summed E-state index contributed by atoms with van der Waals surface area (Å²) in [7, 11) is 0. The predicted molar refractivity (Wildman–Crippen MR) is 97.8 cm³/mol. The Morgan fingerprint density at radius 3 is 2.48 bits per heavy atom. The molecule has 3 N–H and O–H groups in total. The molecule has 0 fully saturated rings. The summed E-state index contributed by atoms with van der Waals surface area (Å²) < 4.78 is 0. The second kappa shape index (κ2) is 8.66. The van der Waals surface area contributed by atoms with E-state index in [1.165, 1.54) is 41.7 Å². The summed E-state index contributed by atoms with van der Waals surface area (Å²) in [5, 5.41) is 14.7. The zero-order valence-electron chi connectivity index (χ0n) is 12.6. The first-order chi connectivity index (χ1) is 12.0. The van der Waals surface area contributed by atoms with Crippen molar-refractivity contribution in [1.82, 2.24) is 16.2 Å². The number of carbonyl (C=O) groups is 2. The van der Waals surface area contributed by atoms with Crippen molar-refractivity contribution in [3.05, 3.63) is 68.4 Å². The number of thiocarbonyl (C=S) groups is 1. The molecule has 0 unspecified atom stereocenters. The van der Waals surface area contributed by atoms with Gasteiger partial charge < -0.3 is 0 Å². The van der Waals surface area contributed by atoms with Crippen LogP contribution in [0.3, 0.4) is 0 Å². The third-order valence-electron chi connectivity index (χ3n) is 2.81. The van der Waals surface area contributed by atoms with Gasteiger partial charge in [0.25, 0.3) is 11.6 Å². The molecule has 1 aromatic heterocycles. The van der Waals surface area contributed by atoms with E-state index >= 15 is 0 Å². The zero-order chi connectivity index (χ0) is 18.2. The topological polar surface area (TPSA) is 113 Å². The second-order valence-electron chi connectivity index (χ2n) is 4.55. The van der Waals surface area contributed by atoms with Gasteiger partial charge in [0.1, 0.15) is 0 Å². The molecule has 1 aromatic carbocycles. The number of hydrogen-bond donors (Lipinski definition) is 3. The van der Waals surface area contributed by atoms with E-state index in [1.807, 2.05) is 17.5 Å². The van der Waals surface area contributed by atoms with Gasteiger partial charge in [-0.2, -0.15) is 0 Å². The number of nitrogens with zero attached hydrogens (tertiary/aromatic N) is 1. The first-order valence-corrected chi connectivity index (χ1v) is 8.12. The van der Waals surface area contributed by atoms with E-state index in [-0.39, 0.29) is 16.4 Å². The molecule has 128 valence electrons. The Labute approximate surface area is 151 Å².